The van der Waals surface area contributed by atoms with Gasteiger partial charge < -0.3 is 5.32 Å². The molecule has 1 nitrogen and oxygen atoms in total. The molecule has 2 unspecified atom stereocenters. The van der Waals surface area contributed by atoms with Crippen LogP contribution in [0.1, 0.15) is 47.0 Å². The molecule has 2 rings (SSSR count). The molecule has 24 heavy (non-hydrogen) atoms. The first kappa shape index (κ1) is 18.3. The second kappa shape index (κ2) is 9.32. The summed E-state index contributed by atoms with van der Waals surface area (Å²) in [5, 5.41) is 3.50. The largest absolute Gasteiger partial charge is 0.356 e. The Bertz CT molecular complexity index is 631. The third-order valence-electron chi connectivity index (χ3n) is 4.58. The number of hydrogen-bond acceptors (Lipinski definition) is 1. The molecule has 2 atom stereocenters. The van der Waals surface area contributed by atoms with Gasteiger partial charge in [0.25, 0.3) is 0 Å². The third kappa shape index (κ3) is 5.88. The summed E-state index contributed by atoms with van der Waals surface area (Å²) in [6, 6.07) is 10.4. The maximum absolute atomic E-state index is 3.50. The van der Waals surface area contributed by atoms with Crippen molar-refractivity contribution in [1.29, 1.82) is 0 Å². The Morgan fingerprint density at radius 3 is 2.67 bits per heavy atom. The van der Waals surface area contributed by atoms with Gasteiger partial charge >= 0.3 is 0 Å². The smallest absolute Gasteiger partial charge is 0.0384 e. The molecule has 1 aliphatic rings. The SMILES string of the molecule is C/C=C\C(=C/CC(C)CC1=CC=C(C)CC1C)Nc1ccccc1. The molecule has 1 aromatic carbocycles. The van der Waals surface area contributed by atoms with E-state index in [9.17, 15) is 0 Å². The van der Waals surface area contributed by atoms with Crippen LogP contribution >= 0.6 is 0 Å². The molecule has 0 fully saturated rings. The van der Waals surface area contributed by atoms with E-state index < -0.39 is 0 Å². The van der Waals surface area contributed by atoms with E-state index in [1.54, 1.807) is 5.57 Å². The van der Waals surface area contributed by atoms with Crippen LogP contribution in [0.2, 0.25) is 0 Å². The number of allylic oxidation sites excluding steroid dienone is 7. The maximum atomic E-state index is 3.50. The Kier molecular flexibility index (Phi) is 7.11. The quantitative estimate of drug-likeness (QED) is 0.539. The minimum Gasteiger partial charge on any atom is -0.356 e. The van der Waals surface area contributed by atoms with Crippen LogP contribution in [-0.2, 0) is 0 Å². The van der Waals surface area contributed by atoms with Crippen molar-refractivity contribution in [2.24, 2.45) is 11.8 Å². The lowest BCUT2D eigenvalue weighted by molar-refractivity contribution is 0.526. The first-order valence-electron chi connectivity index (χ1n) is 9.09. The van der Waals surface area contributed by atoms with E-state index in [4.69, 9.17) is 0 Å². The van der Waals surface area contributed by atoms with Crippen molar-refractivity contribution >= 4 is 5.69 Å². The average Bonchev–Trinajstić information content (AvgIpc) is 2.56. The second-order valence-electron chi connectivity index (χ2n) is 7.06. The lowest BCUT2D eigenvalue weighted by atomic mass is 9.83. The Hall–Kier alpha value is -2.02. The highest BCUT2D eigenvalue weighted by Crippen LogP contribution is 2.30. The highest BCUT2D eigenvalue weighted by molar-refractivity contribution is 5.50. The van der Waals surface area contributed by atoms with E-state index in [2.05, 4.69) is 87.7 Å². The molecule has 0 saturated heterocycles. The summed E-state index contributed by atoms with van der Waals surface area (Å²) in [6.07, 6.45) is 14.7. The van der Waals surface area contributed by atoms with Crippen LogP contribution in [0.3, 0.4) is 0 Å². The van der Waals surface area contributed by atoms with Gasteiger partial charge in [-0.15, -0.1) is 0 Å². The van der Waals surface area contributed by atoms with Crippen LogP contribution in [-0.4, -0.2) is 0 Å². The van der Waals surface area contributed by atoms with E-state index >= 15 is 0 Å². The van der Waals surface area contributed by atoms with E-state index in [0.29, 0.717) is 11.8 Å². The van der Waals surface area contributed by atoms with E-state index in [1.165, 1.54) is 24.1 Å². The Labute approximate surface area is 147 Å². The first-order valence-corrected chi connectivity index (χ1v) is 9.09. The van der Waals surface area contributed by atoms with E-state index in [1.807, 2.05) is 6.07 Å². The number of hydrogen-bond donors (Lipinski definition) is 1. The van der Waals surface area contributed by atoms with Gasteiger partial charge in [-0.2, -0.15) is 0 Å². The second-order valence-corrected chi connectivity index (χ2v) is 7.06. The molecular weight excluding hydrogens is 290 g/mol. The lowest BCUT2D eigenvalue weighted by Crippen LogP contribution is -2.08. The molecule has 1 heteroatoms. The van der Waals surface area contributed by atoms with Crippen molar-refractivity contribution in [1.82, 2.24) is 0 Å². The maximum Gasteiger partial charge on any atom is 0.0384 e. The normalized spacial score (nSPS) is 19.8. The Morgan fingerprint density at radius 2 is 2.00 bits per heavy atom. The van der Waals surface area contributed by atoms with Crippen LogP contribution in [0.5, 0.6) is 0 Å². The van der Waals surface area contributed by atoms with Gasteiger partial charge in [0, 0.05) is 11.4 Å². The summed E-state index contributed by atoms with van der Waals surface area (Å²) in [7, 11) is 0. The molecule has 0 spiro atoms. The Morgan fingerprint density at radius 1 is 1.25 bits per heavy atom. The van der Waals surface area contributed by atoms with E-state index in [0.717, 1.165) is 12.1 Å². The predicted molar refractivity (Wildman–Crippen MR) is 107 cm³/mol. The number of benzene rings is 1. The van der Waals surface area contributed by atoms with Gasteiger partial charge in [-0.3, -0.25) is 0 Å². The molecule has 1 N–H and O–H groups in total. The fraction of sp³-hybridized carbons (Fsp3) is 0.391. The van der Waals surface area contributed by atoms with Crippen molar-refractivity contribution < 1.29 is 0 Å². The monoisotopic (exact) mass is 321 g/mol. The molecule has 0 saturated carbocycles. The first-order chi connectivity index (χ1) is 11.6. The lowest BCUT2D eigenvalue weighted by Gasteiger charge is -2.22. The summed E-state index contributed by atoms with van der Waals surface area (Å²) in [6.45, 7) is 9.00. The molecule has 0 amide bonds. The minimum atomic E-state index is 0.656. The summed E-state index contributed by atoms with van der Waals surface area (Å²) < 4.78 is 0. The van der Waals surface area contributed by atoms with Crippen LogP contribution in [0.4, 0.5) is 5.69 Å². The number of rotatable bonds is 7. The van der Waals surface area contributed by atoms with Gasteiger partial charge in [0.1, 0.15) is 0 Å². The molecule has 0 aromatic heterocycles. The van der Waals surface area contributed by atoms with Crippen LogP contribution in [0.15, 0.2) is 77.6 Å². The van der Waals surface area contributed by atoms with Crippen molar-refractivity contribution in [3.63, 3.8) is 0 Å². The van der Waals surface area contributed by atoms with Crippen molar-refractivity contribution in [3.8, 4) is 0 Å². The van der Waals surface area contributed by atoms with Crippen molar-refractivity contribution in [2.75, 3.05) is 5.32 Å². The number of anilines is 1. The number of nitrogens with one attached hydrogen (secondary N) is 1. The summed E-state index contributed by atoms with van der Waals surface area (Å²) in [4.78, 5) is 0. The van der Waals surface area contributed by atoms with Gasteiger partial charge in [0.05, 0.1) is 0 Å². The Balaban J connectivity index is 1.95. The topological polar surface area (TPSA) is 12.0 Å². The predicted octanol–water partition coefficient (Wildman–Crippen LogP) is 6.89. The molecule has 0 radical (unpaired) electrons. The summed E-state index contributed by atoms with van der Waals surface area (Å²) in [5.41, 5.74) is 5.42. The van der Waals surface area contributed by atoms with Crippen LogP contribution in [0, 0.1) is 11.8 Å². The van der Waals surface area contributed by atoms with Gasteiger partial charge in [-0.05, 0) is 63.2 Å². The molecule has 128 valence electrons. The zero-order valence-corrected chi connectivity index (χ0v) is 15.5. The van der Waals surface area contributed by atoms with Crippen molar-refractivity contribution in [2.45, 2.75) is 47.0 Å². The number of para-hydroxylation sites is 1. The zero-order valence-electron chi connectivity index (χ0n) is 15.5. The molecule has 0 heterocycles. The standard InChI is InChI=1S/C23H31N/c1-5-9-22(24-23-10-7-6-8-11-23)15-13-19(3)17-21-14-12-18(2)16-20(21)4/h5-12,14-15,19-20,24H,13,16-17H2,1-4H3/b9-5-,22-15+. The van der Waals surface area contributed by atoms with Crippen molar-refractivity contribution in [3.05, 3.63) is 77.6 Å². The van der Waals surface area contributed by atoms with Crippen LogP contribution < -0.4 is 5.32 Å². The molecular formula is C23H31N. The third-order valence-corrected chi connectivity index (χ3v) is 4.58. The van der Waals surface area contributed by atoms with Crippen LogP contribution in [0.25, 0.3) is 0 Å². The molecule has 0 bridgehead atoms. The van der Waals surface area contributed by atoms with Gasteiger partial charge in [0.15, 0.2) is 0 Å². The average molecular weight is 322 g/mol. The van der Waals surface area contributed by atoms with E-state index in [-0.39, 0.29) is 0 Å². The van der Waals surface area contributed by atoms with Gasteiger partial charge in [-0.1, -0.05) is 67.5 Å². The minimum absolute atomic E-state index is 0.656. The zero-order chi connectivity index (χ0) is 17.4. The molecule has 1 aromatic rings. The summed E-state index contributed by atoms with van der Waals surface area (Å²) >= 11 is 0. The fourth-order valence-electron chi connectivity index (χ4n) is 3.21. The molecule has 0 aliphatic heterocycles. The summed E-state index contributed by atoms with van der Waals surface area (Å²) in [5.74, 6) is 1.35. The highest BCUT2D eigenvalue weighted by Gasteiger charge is 2.15. The van der Waals surface area contributed by atoms with Gasteiger partial charge in [-0.25, -0.2) is 0 Å². The molecule has 1 aliphatic carbocycles. The highest BCUT2D eigenvalue weighted by atomic mass is 14.9. The fourth-order valence-corrected chi connectivity index (χ4v) is 3.21. The van der Waals surface area contributed by atoms with Gasteiger partial charge in [0.2, 0.25) is 0 Å².